The Labute approximate surface area is 405 Å². The lowest BCUT2D eigenvalue weighted by atomic mass is 10.00. The summed E-state index contributed by atoms with van der Waals surface area (Å²) in [6, 6.07) is -1.01. The summed E-state index contributed by atoms with van der Waals surface area (Å²) in [7, 11) is 0. The number of rotatable bonds is 54. The molecule has 6 heteroatoms. The summed E-state index contributed by atoms with van der Waals surface area (Å²) in [5, 5.41) is 43.9. The van der Waals surface area contributed by atoms with Gasteiger partial charge in [-0.3, -0.25) is 4.79 Å². The van der Waals surface area contributed by atoms with Crippen LogP contribution in [-0.2, 0) is 4.79 Å². The number of aliphatic hydroxyl groups is 4. The maximum atomic E-state index is 12.6. The highest BCUT2D eigenvalue weighted by atomic mass is 16.3. The van der Waals surface area contributed by atoms with Crippen LogP contribution in [0.15, 0.2) is 24.3 Å². The molecule has 4 atom stereocenters. The Bertz CT molecular complexity index is 986. The largest absolute Gasteiger partial charge is 0.394 e. The standard InChI is InChI=1S/C59H115NO5/c1-3-5-7-9-11-13-15-17-19-21-23-24-25-26-27-28-29-30-31-32-33-34-35-37-38-40-42-44-46-48-50-52-56(62)58(64)55(54-61)60-59(65)57(63)53-51-49-47-45-43-41-39-36-22-20-18-16-14-12-10-8-6-4-2/h37-38,44,46,55-58,61-64H,3-36,39-43,45,47-54H2,1-2H3,(H,60,65)/b38-37+,46-44+. The van der Waals surface area contributed by atoms with Gasteiger partial charge in [-0.15, -0.1) is 0 Å². The molecule has 0 aromatic carbocycles. The van der Waals surface area contributed by atoms with Crippen LogP contribution in [0.5, 0.6) is 0 Å². The van der Waals surface area contributed by atoms with Crippen LogP contribution in [0.4, 0.5) is 0 Å². The molecule has 65 heavy (non-hydrogen) atoms. The fraction of sp³-hybridized carbons (Fsp3) is 0.915. The third-order valence-corrected chi connectivity index (χ3v) is 13.9. The highest BCUT2D eigenvalue weighted by Crippen LogP contribution is 2.18. The first-order chi connectivity index (χ1) is 32.0. The number of allylic oxidation sites excluding steroid dienone is 4. The molecule has 0 spiro atoms. The van der Waals surface area contributed by atoms with Gasteiger partial charge >= 0.3 is 0 Å². The molecule has 0 saturated carbocycles. The average molecular weight is 919 g/mol. The number of carbonyl (C=O) groups is 1. The molecule has 0 aliphatic rings. The van der Waals surface area contributed by atoms with Gasteiger partial charge in [-0.2, -0.15) is 0 Å². The third kappa shape index (κ3) is 47.6. The summed E-state index contributed by atoms with van der Waals surface area (Å²) in [4.78, 5) is 12.6. The first-order valence-corrected chi connectivity index (χ1v) is 29.2. The first kappa shape index (κ1) is 63.8. The van der Waals surface area contributed by atoms with Crippen molar-refractivity contribution in [2.45, 2.75) is 340 Å². The van der Waals surface area contributed by atoms with Crippen molar-refractivity contribution in [3.8, 4) is 0 Å². The van der Waals surface area contributed by atoms with Crippen molar-refractivity contribution in [2.24, 2.45) is 0 Å². The Morgan fingerprint density at radius 3 is 0.969 bits per heavy atom. The molecule has 0 bridgehead atoms. The summed E-state index contributed by atoms with van der Waals surface area (Å²) in [5.74, 6) is -0.592. The molecule has 6 nitrogen and oxygen atoms in total. The third-order valence-electron chi connectivity index (χ3n) is 13.9. The van der Waals surface area contributed by atoms with Crippen LogP contribution in [0.25, 0.3) is 0 Å². The van der Waals surface area contributed by atoms with Crippen LogP contribution in [0.3, 0.4) is 0 Å². The van der Waals surface area contributed by atoms with Gasteiger partial charge in [-0.25, -0.2) is 0 Å². The second-order valence-electron chi connectivity index (χ2n) is 20.3. The summed E-state index contributed by atoms with van der Waals surface area (Å²) in [5.41, 5.74) is 0. The number of nitrogens with one attached hydrogen (secondary N) is 1. The topological polar surface area (TPSA) is 110 Å². The number of unbranched alkanes of at least 4 members (excludes halogenated alkanes) is 41. The molecule has 0 saturated heterocycles. The number of hydrogen-bond donors (Lipinski definition) is 5. The lowest BCUT2D eigenvalue weighted by Gasteiger charge is -2.27. The fourth-order valence-electron chi connectivity index (χ4n) is 9.31. The summed E-state index contributed by atoms with van der Waals surface area (Å²) in [6.07, 6.45) is 65.5. The first-order valence-electron chi connectivity index (χ1n) is 29.2. The molecule has 0 aliphatic carbocycles. The van der Waals surface area contributed by atoms with Crippen LogP contribution < -0.4 is 5.32 Å². The quantitative estimate of drug-likeness (QED) is 0.0308. The van der Waals surface area contributed by atoms with E-state index in [0.717, 1.165) is 38.5 Å². The molecule has 0 fully saturated rings. The van der Waals surface area contributed by atoms with Crippen molar-refractivity contribution in [1.82, 2.24) is 5.32 Å². The number of carbonyl (C=O) groups excluding carboxylic acids is 1. The van der Waals surface area contributed by atoms with Crippen molar-refractivity contribution in [3.05, 3.63) is 24.3 Å². The lowest BCUT2D eigenvalue weighted by molar-refractivity contribution is -0.132. The monoisotopic (exact) mass is 918 g/mol. The van der Waals surface area contributed by atoms with Gasteiger partial charge in [0.05, 0.1) is 18.8 Å². The Kier molecular flexibility index (Phi) is 52.7. The molecule has 386 valence electrons. The number of aliphatic hydroxyl groups excluding tert-OH is 4. The summed E-state index contributed by atoms with van der Waals surface area (Å²) in [6.45, 7) is 4.08. The van der Waals surface area contributed by atoms with Gasteiger partial charge in [0.1, 0.15) is 12.2 Å². The smallest absolute Gasteiger partial charge is 0.249 e. The minimum Gasteiger partial charge on any atom is -0.394 e. The van der Waals surface area contributed by atoms with E-state index in [4.69, 9.17) is 0 Å². The lowest BCUT2D eigenvalue weighted by Crippen LogP contribution is -2.53. The van der Waals surface area contributed by atoms with E-state index < -0.39 is 36.9 Å². The normalized spacial score (nSPS) is 13.9. The Hall–Kier alpha value is -1.21. The van der Waals surface area contributed by atoms with E-state index in [1.807, 2.05) is 0 Å². The van der Waals surface area contributed by atoms with E-state index in [1.54, 1.807) is 0 Å². The van der Waals surface area contributed by atoms with Gasteiger partial charge in [0.2, 0.25) is 5.91 Å². The Morgan fingerprint density at radius 2 is 0.646 bits per heavy atom. The van der Waals surface area contributed by atoms with Gasteiger partial charge in [0, 0.05) is 0 Å². The molecular formula is C59H115NO5. The van der Waals surface area contributed by atoms with E-state index in [-0.39, 0.29) is 0 Å². The predicted octanol–water partition coefficient (Wildman–Crippen LogP) is 17.0. The molecule has 5 N–H and O–H groups in total. The summed E-state index contributed by atoms with van der Waals surface area (Å²) < 4.78 is 0. The van der Waals surface area contributed by atoms with E-state index in [2.05, 4.69) is 43.5 Å². The minimum atomic E-state index is -1.29. The molecule has 0 heterocycles. The van der Waals surface area contributed by atoms with E-state index in [1.165, 1.54) is 244 Å². The van der Waals surface area contributed by atoms with Gasteiger partial charge in [-0.1, -0.05) is 289 Å². The highest BCUT2D eigenvalue weighted by Gasteiger charge is 2.28. The maximum Gasteiger partial charge on any atom is 0.249 e. The van der Waals surface area contributed by atoms with E-state index >= 15 is 0 Å². The van der Waals surface area contributed by atoms with Crippen LogP contribution in [0.2, 0.25) is 0 Å². The van der Waals surface area contributed by atoms with Crippen molar-refractivity contribution >= 4 is 5.91 Å². The maximum absolute atomic E-state index is 12.6. The zero-order valence-corrected chi connectivity index (χ0v) is 43.8. The van der Waals surface area contributed by atoms with Crippen molar-refractivity contribution < 1.29 is 25.2 Å². The van der Waals surface area contributed by atoms with Crippen molar-refractivity contribution in [3.63, 3.8) is 0 Å². The van der Waals surface area contributed by atoms with Crippen molar-refractivity contribution in [2.75, 3.05) is 6.61 Å². The second kappa shape index (κ2) is 53.7. The van der Waals surface area contributed by atoms with Gasteiger partial charge < -0.3 is 25.7 Å². The number of amides is 1. The predicted molar refractivity (Wildman–Crippen MR) is 284 cm³/mol. The summed E-state index contributed by atoms with van der Waals surface area (Å²) >= 11 is 0. The van der Waals surface area contributed by atoms with Crippen LogP contribution in [-0.4, -0.2) is 57.3 Å². The fourth-order valence-corrected chi connectivity index (χ4v) is 9.31. The van der Waals surface area contributed by atoms with Crippen LogP contribution in [0.1, 0.15) is 316 Å². The van der Waals surface area contributed by atoms with Crippen LogP contribution in [0, 0.1) is 0 Å². The zero-order valence-electron chi connectivity index (χ0n) is 43.8. The molecular weight excluding hydrogens is 803 g/mol. The zero-order chi connectivity index (χ0) is 47.4. The molecule has 1 amide bonds. The molecule has 0 aliphatic heterocycles. The van der Waals surface area contributed by atoms with Crippen LogP contribution >= 0.6 is 0 Å². The van der Waals surface area contributed by atoms with E-state index in [9.17, 15) is 25.2 Å². The highest BCUT2D eigenvalue weighted by molar-refractivity contribution is 5.80. The van der Waals surface area contributed by atoms with Crippen molar-refractivity contribution in [1.29, 1.82) is 0 Å². The van der Waals surface area contributed by atoms with Gasteiger partial charge in [0.25, 0.3) is 0 Å². The molecule has 0 aromatic rings. The number of hydrogen-bond acceptors (Lipinski definition) is 5. The second-order valence-corrected chi connectivity index (χ2v) is 20.3. The SMILES string of the molecule is CCCCCCCCCCCCCCCCCCCCCCCC/C=C/CC/C=C/CCCC(O)C(O)C(CO)NC(=O)C(O)CCCCCCCCCCCCCCCCCCCC. The Morgan fingerprint density at radius 1 is 0.369 bits per heavy atom. The minimum absolute atomic E-state index is 0.364. The molecule has 4 unspecified atom stereocenters. The van der Waals surface area contributed by atoms with E-state index in [0.29, 0.717) is 19.3 Å². The average Bonchev–Trinajstić information content (AvgIpc) is 3.31. The van der Waals surface area contributed by atoms with Gasteiger partial charge in [0.15, 0.2) is 0 Å². The Balaban J connectivity index is 3.63. The van der Waals surface area contributed by atoms with Gasteiger partial charge in [-0.05, 0) is 51.4 Å². The molecule has 0 radical (unpaired) electrons. The molecule has 0 aromatic heterocycles. The molecule has 0 rings (SSSR count).